The SMILES string of the molecule is CCN(c1ccccc1)S(=O)(=O)c1cc(C(=O)OCC(=O)N2CCCCC2)ccc1C. The fraction of sp³-hybridized carbons (Fsp3) is 0.391. The lowest BCUT2D eigenvalue weighted by molar-refractivity contribution is -0.135. The van der Waals surface area contributed by atoms with Gasteiger partial charge in [-0.05, 0) is 62.9 Å². The van der Waals surface area contributed by atoms with Crippen LogP contribution in [-0.4, -0.2) is 51.4 Å². The van der Waals surface area contributed by atoms with Crippen LogP contribution >= 0.6 is 0 Å². The highest BCUT2D eigenvalue weighted by atomic mass is 32.2. The van der Waals surface area contributed by atoms with Crippen molar-refractivity contribution in [1.82, 2.24) is 4.90 Å². The number of sulfonamides is 1. The molecule has 0 saturated carbocycles. The van der Waals surface area contributed by atoms with Crippen molar-refractivity contribution in [3.05, 3.63) is 59.7 Å². The molecule has 1 heterocycles. The molecule has 31 heavy (non-hydrogen) atoms. The first kappa shape index (κ1) is 22.8. The predicted octanol–water partition coefficient (Wildman–Crippen LogP) is 3.38. The smallest absolute Gasteiger partial charge is 0.338 e. The quantitative estimate of drug-likeness (QED) is 0.612. The number of nitrogens with zero attached hydrogens (tertiary/aromatic N) is 2. The maximum absolute atomic E-state index is 13.3. The minimum absolute atomic E-state index is 0.0370. The van der Waals surface area contributed by atoms with Crippen molar-refractivity contribution in [2.24, 2.45) is 0 Å². The number of hydrogen-bond donors (Lipinski definition) is 0. The number of benzene rings is 2. The van der Waals surface area contributed by atoms with E-state index in [4.69, 9.17) is 4.74 Å². The third kappa shape index (κ3) is 5.25. The van der Waals surface area contributed by atoms with Crippen molar-refractivity contribution >= 4 is 27.6 Å². The number of piperidine rings is 1. The molecule has 2 aromatic carbocycles. The monoisotopic (exact) mass is 444 g/mol. The molecular formula is C23H28N2O5S. The van der Waals surface area contributed by atoms with Gasteiger partial charge < -0.3 is 9.64 Å². The molecule has 0 aliphatic carbocycles. The van der Waals surface area contributed by atoms with E-state index in [1.165, 1.54) is 16.4 Å². The summed E-state index contributed by atoms with van der Waals surface area (Å²) in [6, 6.07) is 13.2. The zero-order valence-corrected chi connectivity index (χ0v) is 18.7. The summed E-state index contributed by atoms with van der Waals surface area (Å²) in [4.78, 5) is 26.5. The maximum atomic E-state index is 13.3. The first-order chi connectivity index (χ1) is 14.8. The van der Waals surface area contributed by atoms with E-state index in [1.54, 1.807) is 49.1 Å². The van der Waals surface area contributed by atoms with Gasteiger partial charge in [-0.2, -0.15) is 0 Å². The number of hydrogen-bond acceptors (Lipinski definition) is 5. The number of para-hydroxylation sites is 1. The van der Waals surface area contributed by atoms with Crippen molar-refractivity contribution in [1.29, 1.82) is 0 Å². The number of esters is 1. The van der Waals surface area contributed by atoms with E-state index in [9.17, 15) is 18.0 Å². The largest absolute Gasteiger partial charge is 0.452 e. The van der Waals surface area contributed by atoms with Gasteiger partial charge in [0, 0.05) is 19.6 Å². The number of likely N-dealkylation sites (tertiary alicyclic amines) is 1. The van der Waals surface area contributed by atoms with E-state index in [1.807, 2.05) is 6.07 Å². The van der Waals surface area contributed by atoms with E-state index in [-0.39, 0.29) is 29.5 Å². The van der Waals surface area contributed by atoms with Crippen LogP contribution in [-0.2, 0) is 19.6 Å². The second kappa shape index (κ2) is 9.96. The number of carbonyl (C=O) groups excluding carboxylic acids is 2. The highest BCUT2D eigenvalue weighted by molar-refractivity contribution is 7.92. The third-order valence-corrected chi connectivity index (χ3v) is 7.40. The van der Waals surface area contributed by atoms with Crippen LogP contribution in [0.2, 0.25) is 0 Å². The van der Waals surface area contributed by atoms with Crippen molar-refractivity contribution in [2.75, 3.05) is 30.5 Å². The van der Waals surface area contributed by atoms with Gasteiger partial charge in [0.05, 0.1) is 16.1 Å². The van der Waals surface area contributed by atoms with Crippen LogP contribution in [0.4, 0.5) is 5.69 Å². The lowest BCUT2D eigenvalue weighted by Gasteiger charge is -2.26. The highest BCUT2D eigenvalue weighted by Gasteiger charge is 2.27. The molecule has 1 fully saturated rings. The van der Waals surface area contributed by atoms with Crippen molar-refractivity contribution in [3.63, 3.8) is 0 Å². The first-order valence-corrected chi connectivity index (χ1v) is 11.9. The lowest BCUT2D eigenvalue weighted by Crippen LogP contribution is -2.38. The molecule has 0 atom stereocenters. The Balaban J connectivity index is 1.79. The molecule has 166 valence electrons. The van der Waals surface area contributed by atoms with Gasteiger partial charge in [-0.3, -0.25) is 9.10 Å². The van der Waals surface area contributed by atoms with Gasteiger partial charge in [0.2, 0.25) is 0 Å². The predicted molar refractivity (Wildman–Crippen MR) is 119 cm³/mol. The van der Waals surface area contributed by atoms with Gasteiger partial charge in [0.15, 0.2) is 6.61 Å². The normalized spacial score (nSPS) is 14.2. The number of amides is 1. The zero-order valence-electron chi connectivity index (χ0n) is 17.9. The summed E-state index contributed by atoms with van der Waals surface area (Å²) in [7, 11) is -3.89. The summed E-state index contributed by atoms with van der Waals surface area (Å²) in [5.74, 6) is -0.946. The van der Waals surface area contributed by atoms with Crippen LogP contribution in [0.1, 0.15) is 42.1 Å². The first-order valence-electron chi connectivity index (χ1n) is 10.5. The van der Waals surface area contributed by atoms with Crippen LogP contribution in [0.15, 0.2) is 53.4 Å². The minimum Gasteiger partial charge on any atom is -0.452 e. The van der Waals surface area contributed by atoms with Gasteiger partial charge in [-0.1, -0.05) is 24.3 Å². The standard InChI is InChI=1S/C23H28N2O5S/c1-3-25(20-10-6-4-7-11-20)31(28,29)21-16-19(13-12-18(21)2)23(27)30-17-22(26)24-14-8-5-9-15-24/h4,6-7,10-13,16H,3,5,8-9,14-15,17H2,1-2H3. The van der Waals surface area contributed by atoms with Gasteiger partial charge in [0.1, 0.15) is 0 Å². The molecule has 8 heteroatoms. The Kier molecular flexibility index (Phi) is 7.33. The third-order valence-electron chi connectivity index (χ3n) is 5.36. The molecule has 1 saturated heterocycles. The number of aryl methyl sites for hydroxylation is 1. The molecule has 0 unspecified atom stereocenters. The van der Waals surface area contributed by atoms with Gasteiger partial charge >= 0.3 is 5.97 Å². The Morgan fingerprint density at radius 3 is 2.35 bits per heavy atom. The molecule has 1 amide bonds. The number of ether oxygens (including phenoxy) is 1. The minimum atomic E-state index is -3.89. The van der Waals surface area contributed by atoms with Gasteiger partial charge in [-0.15, -0.1) is 0 Å². The number of rotatable bonds is 7. The molecule has 0 N–H and O–H groups in total. The highest BCUT2D eigenvalue weighted by Crippen LogP contribution is 2.26. The lowest BCUT2D eigenvalue weighted by atomic mass is 10.1. The zero-order chi connectivity index (χ0) is 22.4. The number of anilines is 1. The molecule has 0 radical (unpaired) electrons. The Hall–Kier alpha value is -2.87. The molecule has 1 aliphatic rings. The van der Waals surface area contributed by atoms with Gasteiger partial charge in [0.25, 0.3) is 15.9 Å². The summed E-state index contributed by atoms with van der Waals surface area (Å²) in [6.45, 7) is 4.68. The Bertz CT molecular complexity index is 1030. The molecule has 7 nitrogen and oxygen atoms in total. The number of carbonyl (C=O) groups is 2. The fourth-order valence-corrected chi connectivity index (χ4v) is 5.38. The van der Waals surface area contributed by atoms with E-state index in [0.29, 0.717) is 24.3 Å². The van der Waals surface area contributed by atoms with E-state index < -0.39 is 16.0 Å². The Morgan fingerprint density at radius 1 is 1.03 bits per heavy atom. The molecule has 1 aliphatic heterocycles. The Labute approximate surface area is 183 Å². The average molecular weight is 445 g/mol. The van der Waals surface area contributed by atoms with E-state index in [2.05, 4.69) is 0 Å². The molecule has 0 spiro atoms. The van der Waals surface area contributed by atoms with Gasteiger partial charge in [-0.25, -0.2) is 13.2 Å². The summed E-state index contributed by atoms with van der Waals surface area (Å²) < 4.78 is 33.2. The second-order valence-corrected chi connectivity index (χ2v) is 9.33. The Morgan fingerprint density at radius 2 is 1.71 bits per heavy atom. The average Bonchev–Trinajstić information content (AvgIpc) is 2.79. The van der Waals surface area contributed by atoms with Crippen molar-refractivity contribution < 1.29 is 22.7 Å². The second-order valence-electron chi connectivity index (χ2n) is 7.50. The molecule has 3 rings (SSSR count). The topological polar surface area (TPSA) is 84.0 Å². The molecule has 0 aromatic heterocycles. The van der Waals surface area contributed by atoms with Crippen LogP contribution in [0.5, 0.6) is 0 Å². The summed E-state index contributed by atoms with van der Waals surface area (Å²) in [5.41, 5.74) is 1.17. The van der Waals surface area contributed by atoms with E-state index in [0.717, 1.165) is 19.3 Å². The van der Waals surface area contributed by atoms with Crippen molar-refractivity contribution in [2.45, 2.75) is 38.0 Å². The molecule has 2 aromatic rings. The van der Waals surface area contributed by atoms with Crippen LogP contribution in [0.3, 0.4) is 0 Å². The van der Waals surface area contributed by atoms with E-state index >= 15 is 0 Å². The molecular weight excluding hydrogens is 416 g/mol. The summed E-state index contributed by atoms with van der Waals surface area (Å²) in [6.07, 6.45) is 3.00. The van der Waals surface area contributed by atoms with Crippen LogP contribution < -0.4 is 4.31 Å². The fourth-order valence-electron chi connectivity index (χ4n) is 3.65. The van der Waals surface area contributed by atoms with Crippen LogP contribution in [0, 0.1) is 6.92 Å². The molecule has 0 bridgehead atoms. The van der Waals surface area contributed by atoms with Crippen molar-refractivity contribution in [3.8, 4) is 0 Å². The summed E-state index contributed by atoms with van der Waals surface area (Å²) >= 11 is 0. The van der Waals surface area contributed by atoms with Crippen LogP contribution in [0.25, 0.3) is 0 Å². The maximum Gasteiger partial charge on any atom is 0.338 e. The summed E-state index contributed by atoms with van der Waals surface area (Å²) in [5, 5.41) is 0.